The van der Waals surface area contributed by atoms with E-state index in [4.69, 9.17) is 0 Å². The number of nitrogens with zero attached hydrogens (tertiary/aromatic N) is 4. The first kappa shape index (κ1) is 13.5. The molecule has 0 saturated carbocycles. The Kier molecular flexibility index (Phi) is 3.55. The molecule has 2 heterocycles. The maximum atomic E-state index is 9.25. The van der Waals surface area contributed by atoms with Gasteiger partial charge in [-0.05, 0) is 48.6 Å². The molecule has 21 heavy (non-hydrogen) atoms. The molecule has 0 bridgehead atoms. The molecule has 0 spiro atoms. The molecule has 0 aliphatic carbocycles. The maximum Gasteiger partial charge on any atom is 0.186 e. The van der Waals surface area contributed by atoms with E-state index >= 15 is 0 Å². The van der Waals surface area contributed by atoms with E-state index in [9.17, 15) is 5.26 Å². The Hall–Kier alpha value is -2.45. The molecule has 104 valence electrons. The van der Waals surface area contributed by atoms with Gasteiger partial charge in [-0.25, -0.2) is 4.68 Å². The molecule has 0 saturated heterocycles. The Bertz CT molecular complexity index is 789. The molecule has 5 heteroatoms. The Balaban J connectivity index is 2.10. The van der Waals surface area contributed by atoms with Gasteiger partial charge in [-0.3, -0.25) is 0 Å². The SMILES string of the molecule is Cc1cc(C)cc(-n2nnc(C#N)c2Cc2cccs2)c1. The number of aryl methyl sites for hydroxylation is 2. The minimum atomic E-state index is 0.391. The molecule has 2 aromatic heterocycles. The van der Waals surface area contributed by atoms with Crippen molar-refractivity contribution < 1.29 is 0 Å². The summed E-state index contributed by atoms with van der Waals surface area (Å²) >= 11 is 1.67. The van der Waals surface area contributed by atoms with E-state index in [-0.39, 0.29) is 0 Å². The van der Waals surface area contributed by atoms with E-state index in [0.29, 0.717) is 12.1 Å². The lowest BCUT2D eigenvalue weighted by Crippen LogP contribution is -2.04. The summed E-state index contributed by atoms with van der Waals surface area (Å²) < 4.78 is 1.78. The van der Waals surface area contributed by atoms with Crippen LogP contribution in [0.3, 0.4) is 0 Å². The zero-order chi connectivity index (χ0) is 14.8. The monoisotopic (exact) mass is 294 g/mol. The predicted molar refractivity (Wildman–Crippen MR) is 82.7 cm³/mol. The summed E-state index contributed by atoms with van der Waals surface area (Å²) in [6.45, 7) is 4.11. The zero-order valence-electron chi connectivity index (χ0n) is 11.9. The molecular weight excluding hydrogens is 280 g/mol. The number of thiophene rings is 1. The van der Waals surface area contributed by atoms with Crippen molar-refractivity contribution in [2.45, 2.75) is 20.3 Å². The fraction of sp³-hybridized carbons (Fsp3) is 0.188. The van der Waals surface area contributed by atoms with E-state index < -0.39 is 0 Å². The predicted octanol–water partition coefficient (Wildman–Crippen LogP) is 3.41. The molecule has 0 atom stereocenters. The molecule has 0 N–H and O–H groups in total. The van der Waals surface area contributed by atoms with Gasteiger partial charge in [0.25, 0.3) is 0 Å². The molecule has 3 aromatic rings. The van der Waals surface area contributed by atoms with Crippen LogP contribution < -0.4 is 0 Å². The van der Waals surface area contributed by atoms with Gasteiger partial charge in [0, 0.05) is 11.3 Å². The van der Waals surface area contributed by atoms with Gasteiger partial charge >= 0.3 is 0 Å². The second-order valence-corrected chi connectivity index (χ2v) is 6.04. The highest BCUT2D eigenvalue weighted by Crippen LogP contribution is 2.21. The van der Waals surface area contributed by atoms with Crippen molar-refractivity contribution >= 4 is 11.3 Å². The van der Waals surface area contributed by atoms with Crippen molar-refractivity contribution in [2.24, 2.45) is 0 Å². The van der Waals surface area contributed by atoms with Crippen LogP contribution >= 0.6 is 11.3 Å². The Morgan fingerprint density at radius 2 is 2.00 bits per heavy atom. The van der Waals surface area contributed by atoms with Crippen molar-refractivity contribution in [1.82, 2.24) is 15.0 Å². The van der Waals surface area contributed by atoms with Crippen LogP contribution in [0.5, 0.6) is 0 Å². The molecular formula is C16H14N4S. The van der Waals surface area contributed by atoms with Gasteiger partial charge in [-0.1, -0.05) is 17.3 Å². The molecule has 0 radical (unpaired) electrons. The number of hydrogen-bond acceptors (Lipinski definition) is 4. The van der Waals surface area contributed by atoms with Crippen molar-refractivity contribution in [1.29, 1.82) is 5.26 Å². The van der Waals surface area contributed by atoms with Crippen LogP contribution in [0.15, 0.2) is 35.7 Å². The average molecular weight is 294 g/mol. The normalized spacial score (nSPS) is 10.5. The molecule has 1 aromatic carbocycles. The second kappa shape index (κ2) is 5.51. The smallest absolute Gasteiger partial charge is 0.186 e. The highest BCUT2D eigenvalue weighted by Gasteiger charge is 2.15. The summed E-state index contributed by atoms with van der Waals surface area (Å²) in [4.78, 5) is 1.19. The summed E-state index contributed by atoms with van der Waals surface area (Å²) in [5.41, 5.74) is 4.52. The topological polar surface area (TPSA) is 54.5 Å². The Morgan fingerprint density at radius 1 is 1.24 bits per heavy atom. The van der Waals surface area contributed by atoms with Crippen LogP contribution in [0.1, 0.15) is 27.4 Å². The van der Waals surface area contributed by atoms with Gasteiger partial charge in [-0.2, -0.15) is 5.26 Å². The summed E-state index contributed by atoms with van der Waals surface area (Å²) in [6, 6.07) is 12.4. The number of benzene rings is 1. The third-order valence-electron chi connectivity index (χ3n) is 3.24. The fourth-order valence-corrected chi connectivity index (χ4v) is 3.11. The van der Waals surface area contributed by atoms with Gasteiger partial charge in [0.15, 0.2) is 5.69 Å². The van der Waals surface area contributed by atoms with E-state index in [1.807, 2.05) is 11.4 Å². The number of hydrogen-bond donors (Lipinski definition) is 0. The highest BCUT2D eigenvalue weighted by atomic mass is 32.1. The lowest BCUT2D eigenvalue weighted by atomic mass is 10.1. The van der Waals surface area contributed by atoms with Crippen molar-refractivity contribution in [2.75, 3.05) is 0 Å². The van der Waals surface area contributed by atoms with Gasteiger partial charge in [0.05, 0.1) is 11.4 Å². The Labute approximate surface area is 127 Å². The largest absolute Gasteiger partial charge is 0.216 e. The number of rotatable bonds is 3. The number of nitriles is 1. The second-order valence-electron chi connectivity index (χ2n) is 5.01. The summed E-state index contributed by atoms with van der Waals surface area (Å²) in [5.74, 6) is 0. The molecule has 0 aliphatic rings. The standard InChI is InChI=1S/C16H14N4S/c1-11-6-12(2)8-13(7-11)20-16(15(10-17)18-19-20)9-14-4-3-5-21-14/h3-8H,9H2,1-2H3. The molecule has 0 amide bonds. The van der Waals surface area contributed by atoms with Crippen LogP contribution in [0.25, 0.3) is 5.69 Å². The first-order valence-electron chi connectivity index (χ1n) is 6.63. The third kappa shape index (κ3) is 2.71. The maximum absolute atomic E-state index is 9.25. The van der Waals surface area contributed by atoms with Gasteiger partial charge in [0.2, 0.25) is 0 Å². The minimum Gasteiger partial charge on any atom is -0.216 e. The van der Waals surface area contributed by atoms with Crippen LogP contribution in [0.2, 0.25) is 0 Å². The summed E-state index contributed by atoms with van der Waals surface area (Å²) in [6.07, 6.45) is 0.667. The molecule has 0 fully saturated rings. The summed E-state index contributed by atoms with van der Waals surface area (Å²) in [5, 5.41) is 19.5. The van der Waals surface area contributed by atoms with Gasteiger partial charge in [0.1, 0.15) is 6.07 Å². The third-order valence-corrected chi connectivity index (χ3v) is 4.12. The quantitative estimate of drug-likeness (QED) is 0.744. The van der Waals surface area contributed by atoms with E-state index in [0.717, 1.165) is 11.4 Å². The first-order valence-corrected chi connectivity index (χ1v) is 7.51. The van der Waals surface area contributed by atoms with Crippen LogP contribution in [-0.2, 0) is 6.42 Å². The molecule has 0 unspecified atom stereocenters. The zero-order valence-corrected chi connectivity index (χ0v) is 12.7. The van der Waals surface area contributed by atoms with Gasteiger partial charge in [-0.15, -0.1) is 16.4 Å². The molecule has 0 aliphatic heterocycles. The van der Waals surface area contributed by atoms with Gasteiger partial charge < -0.3 is 0 Å². The highest BCUT2D eigenvalue weighted by molar-refractivity contribution is 7.09. The first-order chi connectivity index (χ1) is 10.2. The van der Waals surface area contributed by atoms with Crippen LogP contribution in [0.4, 0.5) is 0 Å². The molecule has 3 rings (SSSR count). The summed E-state index contributed by atoms with van der Waals surface area (Å²) in [7, 11) is 0. The van der Waals surface area contributed by atoms with Crippen molar-refractivity contribution in [3.8, 4) is 11.8 Å². The van der Waals surface area contributed by atoms with Crippen molar-refractivity contribution in [3.05, 3.63) is 63.1 Å². The van der Waals surface area contributed by atoms with E-state index in [2.05, 4.69) is 54.5 Å². The lowest BCUT2D eigenvalue weighted by molar-refractivity contribution is 0.772. The average Bonchev–Trinajstić information content (AvgIpc) is 3.07. The lowest BCUT2D eigenvalue weighted by Gasteiger charge is -2.08. The van der Waals surface area contributed by atoms with Crippen LogP contribution in [0, 0.1) is 25.2 Å². The van der Waals surface area contributed by atoms with Crippen molar-refractivity contribution in [3.63, 3.8) is 0 Å². The Morgan fingerprint density at radius 3 is 2.62 bits per heavy atom. The minimum absolute atomic E-state index is 0.391. The molecule has 4 nitrogen and oxygen atoms in total. The fourth-order valence-electron chi connectivity index (χ4n) is 2.41. The van der Waals surface area contributed by atoms with Crippen LogP contribution in [-0.4, -0.2) is 15.0 Å². The van der Waals surface area contributed by atoms with E-state index in [1.165, 1.54) is 16.0 Å². The van der Waals surface area contributed by atoms with E-state index in [1.54, 1.807) is 16.0 Å². The number of aromatic nitrogens is 3.